The molecule has 0 spiro atoms. The van der Waals surface area contributed by atoms with Gasteiger partial charge in [-0.3, -0.25) is 10.3 Å². The first-order valence-electron chi connectivity index (χ1n) is 7.39. The summed E-state index contributed by atoms with van der Waals surface area (Å²) in [4.78, 5) is 9.60. The molecule has 2 atom stereocenters. The van der Waals surface area contributed by atoms with E-state index < -0.39 is 0 Å². The Labute approximate surface area is 120 Å². The SMILES string of the molecule is Cc1ccc(C(=N)N)c(N2CC3CCCN3CC2C)n1. The van der Waals surface area contributed by atoms with Crippen LogP contribution < -0.4 is 10.6 Å². The molecule has 2 fully saturated rings. The maximum absolute atomic E-state index is 7.78. The number of piperazine rings is 1. The number of hydrogen-bond donors (Lipinski definition) is 2. The van der Waals surface area contributed by atoms with Gasteiger partial charge >= 0.3 is 0 Å². The highest BCUT2D eigenvalue weighted by molar-refractivity contribution is 5.99. The van der Waals surface area contributed by atoms with E-state index in [1.54, 1.807) is 0 Å². The molecule has 0 radical (unpaired) electrons. The summed E-state index contributed by atoms with van der Waals surface area (Å²) in [6.07, 6.45) is 2.57. The molecule has 20 heavy (non-hydrogen) atoms. The summed E-state index contributed by atoms with van der Waals surface area (Å²) < 4.78 is 0. The Hall–Kier alpha value is -1.62. The lowest BCUT2D eigenvalue weighted by molar-refractivity contribution is 0.202. The minimum Gasteiger partial charge on any atom is -0.384 e. The molecular weight excluding hydrogens is 250 g/mol. The fourth-order valence-electron chi connectivity index (χ4n) is 3.45. The summed E-state index contributed by atoms with van der Waals surface area (Å²) in [5.41, 5.74) is 7.47. The van der Waals surface area contributed by atoms with Crippen LogP contribution in [0.5, 0.6) is 0 Å². The predicted molar refractivity (Wildman–Crippen MR) is 81.4 cm³/mol. The molecule has 5 heteroatoms. The number of nitrogen functional groups attached to an aromatic ring is 1. The van der Waals surface area contributed by atoms with Crippen molar-refractivity contribution in [2.45, 2.75) is 38.8 Å². The van der Waals surface area contributed by atoms with Crippen LogP contribution in [0, 0.1) is 12.3 Å². The average Bonchev–Trinajstić information content (AvgIpc) is 2.84. The summed E-state index contributed by atoms with van der Waals surface area (Å²) in [6, 6.07) is 4.90. The zero-order valence-corrected chi connectivity index (χ0v) is 12.3. The van der Waals surface area contributed by atoms with Crippen LogP contribution in [0.3, 0.4) is 0 Å². The second-order valence-electron chi connectivity index (χ2n) is 6.03. The molecule has 2 unspecified atom stereocenters. The number of rotatable bonds is 2. The van der Waals surface area contributed by atoms with Crippen molar-refractivity contribution < 1.29 is 0 Å². The van der Waals surface area contributed by atoms with Crippen LogP contribution in [-0.2, 0) is 0 Å². The Kier molecular flexibility index (Phi) is 3.38. The molecular formula is C15H23N5. The van der Waals surface area contributed by atoms with Gasteiger partial charge in [0.2, 0.25) is 0 Å². The minimum atomic E-state index is 0.105. The number of nitrogens with one attached hydrogen (secondary N) is 1. The third kappa shape index (κ3) is 2.26. The lowest BCUT2D eigenvalue weighted by Gasteiger charge is -2.43. The molecule has 3 N–H and O–H groups in total. The monoisotopic (exact) mass is 273 g/mol. The van der Waals surface area contributed by atoms with Crippen molar-refractivity contribution in [2.75, 3.05) is 24.5 Å². The highest BCUT2D eigenvalue weighted by Crippen LogP contribution is 2.29. The van der Waals surface area contributed by atoms with Crippen LogP contribution >= 0.6 is 0 Å². The van der Waals surface area contributed by atoms with Crippen LogP contribution in [0.15, 0.2) is 12.1 Å². The number of amidine groups is 1. The predicted octanol–water partition coefficient (Wildman–Crippen LogP) is 1.35. The summed E-state index contributed by atoms with van der Waals surface area (Å²) in [5, 5.41) is 7.78. The normalized spacial score (nSPS) is 26.6. The first kappa shape index (κ1) is 13.4. The van der Waals surface area contributed by atoms with Crippen molar-refractivity contribution in [3.05, 3.63) is 23.4 Å². The van der Waals surface area contributed by atoms with Gasteiger partial charge in [0.15, 0.2) is 0 Å². The minimum absolute atomic E-state index is 0.105. The summed E-state index contributed by atoms with van der Waals surface area (Å²) in [6.45, 7) is 7.53. The largest absolute Gasteiger partial charge is 0.384 e. The quantitative estimate of drug-likeness (QED) is 0.630. The van der Waals surface area contributed by atoms with Gasteiger partial charge < -0.3 is 10.6 Å². The van der Waals surface area contributed by atoms with E-state index >= 15 is 0 Å². The van der Waals surface area contributed by atoms with Gasteiger partial charge in [0, 0.05) is 30.9 Å². The molecule has 0 aliphatic carbocycles. The van der Waals surface area contributed by atoms with Crippen molar-refractivity contribution in [1.29, 1.82) is 5.41 Å². The molecule has 0 amide bonds. The van der Waals surface area contributed by atoms with Crippen molar-refractivity contribution in [3.8, 4) is 0 Å². The highest BCUT2D eigenvalue weighted by atomic mass is 15.3. The molecule has 3 heterocycles. The molecule has 3 rings (SSSR count). The maximum Gasteiger partial charge on any atom is 0.140 e. The third-order valence-corrected chi connectivity index (χ3v) is 4.51. The van der Waals surface area contributed by atoms with E-state index in [0.717, 1.165) is 30.2 Å². The van der Waals surface area contributed by atoms with Crippen molar-refractivity contribution in [2.24, 2.45) is 5.73 Å². The number of aryl methyl sites for hydroxylation is 1. The number of aromatic nitrogens is 1. The lowest BCUT2D eigenvalue weighted by atomic mass is 10.1. The van der Waals surface area contributed by atoms with Gasteiger partial charge in [-0.2, -0.15) is 0 Å². The van der Waals surface area contributed by atoms with Gasteiger partial charge in [-0.25, -0.2) is 4.98 Å². The molecule has 1 aromatic heterocycles. The summed E-state index contributed by atoms with van der Waals surface area (Å²) in [7, 11) is 0. The third-order valence-electron chi connectivity index (χ3n) is 4.51. The smallest absolute Gasteiger partial charge is 0.140 e. The van der Waals surface area contributed by atoms with Crippen LogP contribution in [0.2, 0.25) is 0 Å². The molecule has 5 nitrogen and oxygen atoms in total. The van der Waals surface area contributed by atoms with Gasteiger partial charge in [-0.05, 0) is 45.4 Å². The fraction of sp³-hybridized carbons (Fsp3) is 0.600. The Morgan fingerprint density at radius 2 is 2.20 bits per heavy atom. The Balaban J connectivity index is 1.95. The van der Waals surface area contributed by atoms with Crippen LogP contribution in [0.25, 0.3) is 0 Å². The molecule has 0 saturated carbocycles. The van der Waals surface area contributed by atoms with E-state index in [1.165, 1.54) is 19.4 Å². The zero-order chi connectivity index (χ0) is 14.3. The molecule has 0 aromatic carbocycles. The Morgan fingerprint density at radius 1 is 1.40 bits per heavy atom. The summed E-state index contributed by atoms with van der Waals surface area (Å²) >= 11 is 0. The molecule has 108 valence electrons. The highest BCUT2D eigenvalue weighted by Gasteiger charge is 2.35. The van der Waals surface area contributed by atoms with Crippen LogP contribution in [0.1, 0.15) is 31.0 Å². The first-order chi connectivity index (χ1) is 9.56. The van der Waals surface area contributed by atoms with E-state index in [0.29, 0.717) is 12.1 Å². The van der Waals surface area contributed by atoms with Crippen LogP contribution in [-0.4, -0.2) is 47.4 Å². The van der Waals surface area contributed by atoms with Gasteiger partial charge in [0.05, 0.1) is 5.56 Å². The van der Waals surface area contributed by atoms with Gasteiger partial charge in [0.25, 0.3) is 0 Å². The molecule has 0 bridgehead atoms. The van der Waals surface area contributed by atoms with Gasteiger partial charge in [0.1, 0.15) is 11.7 Å². The topological polar surface area (TPSA) is 69.2 Å². The van der Waals surface area contributed by atoms with E-state index in [-0.39, 0.29) is 5.84 Å². The number of nitrogens with two attached hydrogens (primary N) is 1. The number of fused-ring (bicyclic) bond motifs is 1. The molecule has 1 aromatic rings. The van der Waals surface area contributed by atoms with Gasteiger partial charge in [-0.1, -0.05) is 0 Å². The van der Waals surface area contributed by atoms with Crippen molar-refractivity contribution in [1.82, 2.24) is 9.88 Å². The number of nitrogens with zero attached hydrogens (tertiary/aromatic N) is 3. The van der Waals surface area contributed by atoms with E-state index in [1.807, 2.05) is 19.1 Å². The Bertz CT molecular complexity index is 527. The van der Waals surface area contributed by atoms with Crippen LogP contribution in [0.4, 0.5) is 5.82 Å². The second kappa shape index (κ2) is 5.05. The lowest BCUT2D eigenvalue weighted by Crippen LogP contribution is -2.55. The average molecular weight is 273 g/mol. The standard InChI is InChI=1S/C15H23N5/c1-10-5-6-13(14(16)17)15(18-10)20-9-12-4-3-7-19(12)8-11(20)2/h5-6,11-12H,3-4,7-9H2,1-2H3,(H3,16,17). The first-order valence-corrected chi connectivity index (χ1v) is 7.39. The van der Waals surface area contributed by atoms with E-state index in [4.69, 9.17) is 11.1 Å². The van der Waals surface area contributed by atoms with Crippen molar-refractivity contribution >= 4 is 11.7 Å². The molecule has 2 saturated heterocycles. The number of hydrogen-bond acceptors (Lipinski definition) is 4. The zero-order valence-electron chi connectivity index (χ0n) is 12.3. The fourth-order valence-corrected chi connectivity index (χ4v) is 3.45. The maximum atomic E-state index is 7.78. The molecule has 2 aliphatic rings. The summed E-state index contributed by atoms with van der Waals surface area (Å²) in [5.74, 6) is 0.991. The second-order valence-corrected chi connectivity index (χ2v) is 6.03. The molecule has 2 aliphatic heterocycles. The number of pyridine rings is 1. The number of anilines is 1. The van der Waals surface area contributed by atoms with E-state index in [9.17, 15) is 0 Å². The Morgan fingerprint density at radius 3 is 2.95 bits per heavy atom. The van der Waals surface area contributed by atoms with Gasteiger partial charge in [-0.15, -0.1) is 0 Å². The van der Waals surface area contributed by atoms with Crippen molar-refractivity contribution in [3.63, 3.8) is 0 Å². The van der Waals surface area contributed by atoms with E-state index in [2.05, 4.69) is 21.7 Å².